The van der Waals surface area contributed by atoms with Gasteiger partial charge in [0.1, 0.15) is 0 Å². The molecule has 1 saturated heterocycles. The Balaban J connectivity index is 1.56. The van der Waals surface area contributed by atoms with Gasteiger partial charge in [-0.2, -0.15) is 0 Å². The van der Waals surface area contributed by atoms with E-state index in [1.165, 1.54) is 56.6 Å². The average Bonchev–Trinajstić information content (AvgIpc) is 2.93. The maximum atomic E-state index is 5.81. The molecule has 1 aromatic heterocycles. The number of fused-ring (bicyclic) bond motifs is 1. The summed E-state index contributed by atoms with van der Waals surface area (Å²) in [6.07, 6.45) is 9.75. The Morgan fingerprint density at radius 3 is 2.95 bits per heavy atom. The van der Waals surface area contributed by atoms with Gasteiger partial charge in [0.2, 0.25) is 0 Å². The van der Waals surface area contributed by atoms with Crippen molar-refractivity contribution in [1.82, 2.24) is 9.88 Å². The fourth-order valence-corrected chi connectivity index (χ4v) is 4.79. The van der Waals surface area contributed by atoms with Crippen molar-refractivity contribution >= 4 is 22.9 Å². The summed E-state index contributed by atoms with van der Waals surface area (Å²) < 4.78 is 0. The highest BCUT2D eigenvalue weighted by Crippen LogP contribution is 2.35. The molecule has 106 valence electrons. The lowest BCUT2D eigenvalue weighted by molar-refractivity contribution is 0.0620. The van der Waals surface area contributed by atoms with E-state index in [1.54, 1.807) is 11.3 Å². The Morgan fingerprint density at radius 2 is 2.11 bits per heavy atom. The Hall–Kier alpha value is -0.120. The molecule has 1 aliphatic carbocycles. The third kappa shape index (κ3) is 3.32. The second kappa shape index (κ2) is 6.55. The highest BCUT2D eigenvalue weighted by Gasteiger charge is 2.32. The first-order chi connectivity index (χ1) is 9.36. The van der Waals surface area contributed by atoms with Crippen LogP contribution in [0.1, 0.15) is 49.2 Å². The first-order valence-corrected chi connectivity index (χ1v) is 9.01. The lowest BCUT2D eigenvalue weighted by atomic mass is 9.78. The van der Waals surface area contributed by atoms with E-state index in [0.717, 1.165) is 24.1 Å². The molecule has 0 spiro atoms. The third-order valence-corrected chi connectivity index (χ3v) is 5.94. The van der Waals surface area contributed by atoms with Gasteiger partial charge in [-0.1, -0.05) is 12.8 Å². The van der Waals surface area contributed by atoms with Crippen LogP contribution in [0.4, 0.5) is 0 Å². The monoisotopic (exact) mass is 298 g/mol. The molecule has 0 N–H and O–H groups in total. The Bertz CT molecular complexity index is 405. The summed E-state index contributed by atoms with van der Waals surface area (Å²) in [6, 6.07) is 0.870. The summed E-state index contributed by atoms with van der Waals surface area (Å²) >= 11 is 7.58. The number of hydrogen-bond acceptors (Lipinski definition) is 3. The molecule has 2 heterocycles. The van der Waals surface area contributed by atoms with Crippen LogP contribution in [0.5, 0.6) is 0 Å². The van der Waals surface area contributed by atoms with Crippen LogP contribution < -0.4 is 0 Å². The number of rotatable bonds is 4. The molecule has 2 aliphatic rings. The molecular formula is C15H23ClN2S. The summed E-state index contributed by atoms with van der Waals surface area (Å²) in [4.78, 5) is 7.32. The maximum absolute atomic E-state index is 5.81. The summed E-state index contributed by atoms with van der Waals surface area (Å²) in [7, 11) is 0. The van der Waals surface area contributed by atoms with Crippen LogP contribution in [0, 0.1) is 5.92 Å². The SMILES string of the molecule is ClCc1csc(CCN2CCC[C@H]3CCCC[C@H]32)n1. The molecular weight excluding hydrogens is 276 g/mol. The minimum atomic E-state index is 0.547. The van der Waals surface area contributed by atoms with E-state index >= 15 is 0 Å². The van der Waals surface area contributed by atoms with E-state index in [1.807, 2.05) is 0 Å². The quantitative estimate of drug-likeness (QED) is 0.779. The normalized spacial score (nSPS) is 28.3. The van der Waals surface area contributed by atoms with Crippen LogP contribution in [-0.4, -0.2) is 29.0 Å². The van der Waals surface area contributed by atoms with Gasteiger partial charge < -0.3 is 0 Å². The summed E-state index contributed by atoms with van der Waals surface area (Å²) in [5.74, 6) is 1.53. The topological polar surface area (TPSA) is 16.1 Å². The highest BCUT2D eigenvalue weighted by atomic mass is 35.5. The molecule has 1 aromatic rings. The molecule has 4 heteroatoms. The second-order valence-corrected chi connectivity index (χ2v) is 7.12. The van der Waals surface area contributed by atoms with Gasteiger partial charge in [-0.15, -0.1) is 22.9 Å². The highest BCUT2D eigenvalue weighted by molar-refractivity contribution is 7.09. The standard InChI is InChI=1S/C15H23ClN2S/c16-10-13-11-19-15(17-13)7-9-18-8-3-5-12-4-1-2-6-14(12)18/h11-12,14H,1-10H2/t12-,14-/m1/s1. The van der Waals surface area contributed by atoms with E-state index < -0.39 is 0 Å². The van der Waals surface area contributed by atoms with Gasteiger partial charge in [-0.05, 0) is 38.1 Å². The van der Waals surface area contributed by atoms with Crippen LogP contribution in [0.15, 0.2) is 5.38 Å². The van der Waals surface area contributed by atoms with E-state index in [0.29, 0.717) is 5.88 Å². The van der Waals surface area contributed by atoms with Crippen molar-refractivity contribution in [1.29, 1.82) is 0 Å². The fourth-order valence-electron chi connectivity index (χ4n) is 3.77. The van der Waals surface area contributed by atoms with Crippen LogP contribution in [0.2, 0.25) is 0 Å². The first-order valence-electron chi connectivity index (χ1n) is 7.60. The molecule has 1 aliphatic heterocycles. The van der Waals surface area contributed by atoms with E-state index in [2.05, 4.69) is 15.3 Å². The zero-order valence-corrected chi connectivity index (χ0v) is 13.1. The summed E-state index contributed by atoms with van der Waals surface area (Å²) in [5.41, 5.74) is 1.04. The van der Waals surface area contributed by atoms with Gasteiger partial charge in [0.15, 0.2) is 0 Å². The number of aromatic nitrogens is 1. The molecule has 2 fully saturated rings. The molecule has 0 bridgehead atoms. The van der Waals surface area contributed by atoms with Gasteiger partial charge in [-0.25, -0.2) is 4.98 Å². The van der Waals surface area contributed by atoms with Crippen molar-refractivity contribution in [3.05, 3.63) is 16.1 Å². The number of hydrogen-bond donors (Lipinski definition) is 0. The molecule has 2 nitrogen and oxygen atoms in total. The summed E-state index contributed by atoms with van der Waals surface area (Å²) in [6.45, 7) is 2.49. The lowest BCUT2D eigenvalue weighted by Gasteiger charge is -2.44. The Morgan fingerprint density at radius 1 is 1.26 bits per heavy atom. The number of alkyl halides is 1. The molecule has 0 radical (unpaired) electrons. The van der Waals surface area contributed by atoms with E-state index in [4.69, 9.17) is 11.6 Å². The van der Waals surface area contributed by atoms with Crippen molar-refractivity contribution in [2.75, 3.05) is 13.1 Å². The van der Waals surface area contributed by atoms with Gasteiger partial charge in [0.05, 0.1) is 16.6 Å². The number of halogens is 1. The molecule has 19 heavy (non-hydrogen) atoms. The molecule has 3 rings (SSSR count). The van der Waals surface area contributed by atoms with Crippen molar-refractivity contribution in [2.45, 2.75) is 56.9 Å². The van der Waals surface area contributed by atoms with Crippen molar-refractivity contribution < 1.29 is 0 Å². The molecule has 2 atom stereocenters. The third-order valence-electron chi connectivity index (χ3n) is 4.71. The molecule has 0 unspecified atom stereocenters. The summed E-state index contributed by atoms with van der Waals surface area (Å²) in [5, 5.41) is 3.36. The number of likely N-dealkylation sites (tertiary alicyclic amines) is 1. The molecule has 0 amide bonds. The van der Waals surface area contributed by atoms with Gasteiger partial charge in [0.25, 0.3) is 0 Å². The van der Waals surface area contributed by atoms with Gasteiger partial charge >= 0.3 is 0 Å². The van der Waals surface area contributed by atoms with E-state index in [-0.39, 0.29) is 0 Å². The van der Waals surface area contributed by atoms with Crippen LogP contribution >= 0.6 is 22.9 Å². The number of nitrogens with zero attached hydrogens (tertiary/aromatic N) is 2. The largest absolute Gasteiger partial charge is 0.300 e. The minimum absolute atomic E-state index is 0.547. The predicted octanol–water partition coefficient (Wildman–Crippen LogP) is 4.08. The minimum Gasteiger partial charge on any atom is -0.300 e. The Kier molecular flexibility index (Phi) is 4.78. The maximum Gasteiger partial charge on any atom is 0.0941 e. The van der Waals surface area contributed by atoms with Crippen LogP contribution in [-0.2, 0) is 12.3 Å². The van der Waals surface area contributed by atoms with Crippen molar-refractivity contribution in [3.8, 4) is 0 Å². The Labute approximate surface area is 125 Å². The zero-order chi connectivity index (χ0) is 13.1. The average molecular weight is 299 g/mol. The predicted molar refractivity (Wildman–Crippen MR) is 81.9 cm³/mol. The van der Waals surface area contributed by atoms with Crippen LogP contribution in [0.25, 0.3) is 0 Å². The van der Waals surface area contributed by atoms with Gasteiger partial charge in [0, 0.05) is 24.4 Å². The first kappa shape index (κ1) is 13.8. The van der Waals surface area contributed by atoms with Crippen molar-refractivity contribution in [2.24, 2.45) is 5.92 Å². The number of piperidine rings is 1. The second-order valence-electron chi connectivity index (χ2n) is 5.91. The molecule has 0 aromatic carbocycles. The van der Waals surface area contributed by atoms with E-state index in [9.17, 15) is 0 Å². The fraction of sp³-hybridized carbons (Fsp3) is 0.800. The zero-order valence-electron chi connectivity index (χ0n) is 11.5. The van der Waals surface area contributed by atoms with Crippen LogP contribution in [0.3, 0.4) is 0 Å². The smallest absolute Gasteiger partial charge is 0.0941 e. The van der Waals surface area contributed by atoms with Gasteiger partial charge in [-0.3, -0.25) is 4.90 Å². The lowest BCUT2D eigenvalue weighted by Crippen LogP contribution is -2.47. The number of thiazole rings is 1. The molecule has 1 saturated carbocycles. The van der Waals surface area contributed by atoms with Crippen molar-refractivity contribution in [3.63, 3.8) is 0 Å².